The molecule has 0 atom stereocenters. The van der Waals surface area contributed by atoms with Crippen molar-refractivity contribution in [2.45, 2.75) is 17.2 Å². The van der Waals surface area contributed by atoms with E-state index in [1.54, 1.807) is 30.2 Å². The lowest BCUT2D eigenvalue weighted by Crippen LogP contribution is -2.11. The molecule has 100 valence electrons. The normalized spacial score (nSPS) is 10.3. The third-order valence-corrected chi connectivity index (χ3v) is 4.12. The number of hydrogen-bond acceptors (Lipinski definition) is 6. The van der Waals surface area contributed by atoms with Gasteiger partial charge in [0.15, 0.2) is 4.34 Å². The third kappa shape index (κ3) is 4.53. The molecule has 1 N–H and O–H groups in total. The van der Waals surface area contributed by atoms with Crippen molar-refractivity contribution in [3.8, 4) is 0 Å². The van der Waals surface area contributed by atoms with E-state index in [-0.39, 0.29) is 5.91 Å². The number of furan rings is 1. The van der Waals surface area contributed by atoms with Crippen LogP contribution in [0.15, 0.2) is 39.8 Å². The predicted molar refractivity (Wildman–Crippen MR) is 76.5 cm³/mol. The highest BCUT2D eigenvalue weighted by Crippen LogP contribution is 2.25. The van der Waals surface area contributed by atoms with Crippen LogP contribution in [0.5, 0.6) is 0 Å². The molecule has 0 aliphatic heterocycles. The first-order chi connectivity index (χ1) is 9.28. The molecule has 7 heteroatoms. The van der Waals surface area contributed by atoms with Gasteiger partial charge in [-0.15, -0.1) is 16.8 Å². The number of carbonyl (C=O) groups excluding carboxylic acids is 1. The average Bonchev–Trinajstić information content (AvgIpc) is 3.05. The number of hydrogen-bond donors (Lipinski definition) is 1. The molecule has 0 spiro atoms. The first-order valence-corrected chi connectivity index (χ1v) is 7.47. The summed E-state index contributed by atoms with van der Waals surface area (Å²) in [5.74, 6) is 1.49. The molecule has 2 heterocycles. The number of nitrogens with zero attached hydrogens (tertiary/aromatic N) is 2. The second-order valence-corrected chi connectivity index (χ2v) is 5.84. The summed E-state index contributed by atoms with van der Waals surface area (Å²) in [5.41, 5.74) is 0. The van der Waals surface area contributed by atoms with Crippen LogP contribution in [0.2, 0.25) is 0 Å². The lowest BCUT2D eigenvalue weighted by molar-refractivity contribution is -0.116. The van der Waals surface area contributed by atoms with Crippen molar-refractivity contribution in [1.82, 2.24) is 10.2 Å². The highest BCUT2D eigenvalue weighted by molar-refractivity contribution is 8.01. The maximum Gasteiger partial charge on any atom is 0.226 e. The number of nitrogens with one attached hydrogen (secondary N) is 1. The lowest BCUT2D eigenvalue weighted by Gasteiger charge is -1.98. The van der Waals surface area contributed by atoms with Crippen molar-refractivity contribution in [2.75, 3.05) is 11.1 Å². The molecule has 0 aromatic carbocycles. The van der Waals surface area contributed by atoms with E-state index in [1.165, 1.54) is 11.3 Å². The van der Waals surface area contributed by atoms with Gasteiger partial charge >= 0.3 is 0 Å². The van der Waals surface area contributed by atoms with E-state index >= 15 is 0 Å². The number of aryl methyl sites for hydroxylation is 1. The van der Waals surface area contributed by atoms with Crippen molar-refractivity contribution < 1.29 is 9.21 Å². The summed E-state index contributed by atoms with van der Waals surface area (Å²) in [4.78, 5) is 11.7. The molecule has 2 aromatic rings. The molecule has 5 nitrogen and oxygen atoms in total. The Hall–Kier alpha value is -1.60. The molecule has 0 saturated heterocycles. The van der Waals surface area contributed by atoms with Gasteiger partial charge in [-0.05, 0) is 12.1 Å². The zero-order chi connectivity index (χ0) is 13.5. The minimum Gasteiger partial charge on any atom is -0.469 e. The minimum absolute atomic E-state index is 0.0900. The van der Waals surface area contributed by atoms with Crippen LogP contribution in [0, 0.1) is 0 Å². The Morgan fingerprint density at radius 2 is 2.47 bits per heavy atom. The molecule has 0 saturated carbocycles. The maximum atomic E-state index is 11.7. The molecule has 0 bridgehead atoms. The molecule has 2 rings (SSSR count). The van der Waals surface area contributed by atoms with Gasteiger partial charge in [-0.3, -0.25) is 4.79 Å². The summed E-state index contributed by atoms with van der Waals surface area (Å²) >= 11 is 2.90. The topological polar surface area (TPSA) is 68.0 Å². The maximum absolute atomic E-state index is 11.7. The Labute approximate surface area is 119 Å². The van der Waals surface area contributed by atoms with Crippen LogP contribution in [0.3, 0.4) is 0 Å². The summed E-state index contributed by atoms with van der Waals surface area (Å²) in [5, 5.41) is 11.1. The number of thioether (sulfide) groups is 1. The fourth-order valence-corrected chi connectivity index (χ4v) is 2.85. The fourth-order valence-electron chi connectivity index (χ4n) is 1.32. The monoisotopic (exact) mass is 295 g/mol. The van der Waals surface area contributed by atoms with Crippen molar-refractivity contribution in [3.05, 3.63) is 36.8 Å². The van der Waals surface area contributed by atoms with E-state index in [4.69, 9.17) is 4.42 Å². The Morgan fingerprint density at radius 3 is 3.21 bits per heavy atom. The fraction of sp³-hybridized carbons (Fsp3) is 0.250. The first kappa shape index (κ1) is 13.8. The third-order valence-electron chi connectivity index (χ3n) is 2.16. The Bertz CT molecular complexity index is 537. The second-order valence-electron chi connectivity index (χ2n) is 3.60. The van der Waals surface area contributed by atoms with Crippen LogP contribution in [0.4, 0.5) is 5.13 Å². The van der Waals surface area contributed by atoms with Crippen molar-refractivity contribution in [2.24, 2.45) is 0 Å². The van der Waals surface area contributed by atoms with Crippen LogP contribution in [0.1, 0.15) is 12.2 Å². The average molecular weight is 295 g/mol. The highest BCUT2D eigenvalue weighted by atomic mass is 32.2. The molecular weight excluding hydrogens is 282 g/mol. The molecule has 0 aliphatic rings. The number of carbonyl (C=O) groups is 1. The van der Waals surface area contributed by atoms with Crippen LogP contribution >= 0.6 is 23.1 Å². The van der Waals surface area contributed by atoms with Crippen LogP contribution in [-0.4, -0.2) is 21.9 Å². The van der Waals surface area contributed by atoms with Crippen LogP contribution in [0.25, 0.3) is 0 Å². The predicted octanol–water partition coefficient (Wildman–Crippen LogP) is 2.98. The van der Waals surface area contributed by atoms with E-state index in [0.29, 0.717) is 18.0 Å². The molecule has 2 aromatic heterocycles. The molecule has 1 amide bonds. The number of anilines is 1. The summed E-state index contributed by atoms with van der Waals surface area (Å²) in [6.07, 6.45) is 4.34. The van der Waals surface area contributed by atoms with E-state index in [9.17, 15) is 4.79 Å². The van der Waals surface area contributed by atoms with Crippen molar-refractivity contribution in [1.29, 1.82) is 0 Å². The largest absolute Gasteiger partial charge is 0.469 e. The van der Waals surface area contributed by atoms with Crippen LogP contribution < -0.4 is 5.32 Å². The summed E-state index contributed by atoms with van der Waals surface area (Å²) in [7, 11) is 0. The van der Waals surface area contributed by atoms with Gasteiger partial charge in [-0.25, -0.2) is 0 Å². The van der Waals surface area contributed by atoms with Gasteiger partial charge in [0.25, 0.3) is 0 Å². The molecule has 0 unspecified atom stereocenters. The smallest absolute Gasteiger partial charge is 0.226 e. The minimum atomic E-state index is -0.0900. The first-order valence-electron chi connectivity index (χ1n) is 5.67. The van der Waals surface area contributed by atoms with Crippen molar-refractivity contribution in [3.63, 3.8) is 0 Å². The van der Waals surface area contributed by atoms with Gasteiger partial charge in [0.1, 0.15) is 5.76 Å². The standard InChI is InChI=1S/C12H13N3O2S2/c1-2-8-18-12-15-14-11(19-12)13-10(16)6-5-9-4-3-7-17-9/h2-4,7H,1,5-6,8H2,(H,13,14,16). The van der Waals surface area contributed by atoms with Crippen LogP contribution in [-0.2, 0) is 11.2 Å². The lowest BCUT2D eigenvalue weighted by atomic mass is 10.2. The van der Waals surface area contributed by atoms with Gasteiger partial charge in [-0.2, -0.15) is 0 Å². The van der Waals surface area contributed by atoms with Gasteiger partial charge in [-0.1, -0.05) is 29.2 Å². The van der Waals surface area contributed by atoms with E-state index in [1.807, 2.05) is 6.07 Å². The second kappa shape index (κ2) is 7.10. The highest BCUT2D eigenvalue weighted by Gasteiger charge is 2.09. The molecular formula is C12H13N3O2S2. The van der Waals surface area contributed by atoms with E-state index < -0.39 is 0 Å². The molecule has 19 heavy (non-hydrogen) atoms. The SMILES string of the molecule is C=CCSc1nnc(NC(=O)CCc2ccco2)s1. The molecule has 0 radical (unpaired) electrons. The zero-order valence-corrected chi connectivity index (χ0v) is 11.8. The number of aromatic nitrogens is 2. The summed E-state index contributed by atoms with van der Waals surface area (Å²) in [6.45, 7) is 3.64. The Morgan fingerprint density at radius 1 is 1.58 bits per heavy atom. The number of rotatable bonds is 7. The Balaban J connectivity index is 1.78. The molecule has 0 aliphatic carbocycles. The summed E-state index contributed by atoms with van der Waals surface area (Å²) in [6, 6.07) is 3.66. The van der Waals surface area contributed by atoms with Gasteiger partial charge in [0, 0.05) is 18.6 Å². The zero-order valence-electron chi connectivity index (χ0n) is 10.2. The van der Waals surface area contributed by atoms with Gasteiger partial charge < -0.3 is 9.73 Å². The van der Waals surface area contributed by atoms with Gasteiger partial charge in [0.2, 0.25) is 11.0 Å². The summed E-state index contributed by atoms with van der Waals surface area (Å²) < 4.78 is 5.99. The van der Waals surface area contributed by atoms with E-state index in [0.717, 1.165) is 15.9 Å². The van der Waals surface area contributed by atoms with Gasteiger partial charge in [0.05, 0.1) is 6.26 Å². The Kier molecular flexibility index (Phi) is 5.17. The number of amides is 1. The van der Waals surface area contributed by atoms with E-state index in [2.05, 4.69) is 22.1 Å². The molecule has 0 fully saturated rings. The van der Waals surface area contributed by atoms with Crippen molar-refractivity contribution >= 4 is 34.1 Å². The quantitative estimate of drug-likeness (QED) is 0.483.